The molecule has 0 aromatic heterocycles. The highest BCUT2D eigenvalue weighted by atomic mass is 16.5. The molecule has 0 saturated carbocycles. The molecule has 2 saturated heterocycles. The van der Waals surface area contributed by atoms with Crippen LogP contribution in [0.2, 0.25) is 0 Å². The van der Waals surface area contributed by atoms with E-state index in [0.29, 0.717) is 18.7 Å². The Bertz CT molecular complexity index is 971. The average Bonchev–Trinajstić information content (AvgIpc) is 3.26. The molecule has 7 heteroatoms. The van der Waals surface area contributed by atoms with Gasteiger partial charge in [0.15, 0.2) is 0 Å². The number of nitrogens with zero attached hydrogens (tertiary/aromatic N) is 2. The summed E-state index contributed by atoms with van der Waals surface area (Å²) in [7, 11) is 1.59. The van der Waals surface area contributed by atoms with Gasteiger partial charge in [-0.1, -0.05) is 30.3 Å². The summed E-state index contributed by atoms with van der Waals surface area (Å²) in [5.41, 5.74) is 1.73. The van der Waals surface area contributed by atoms with Crippen molar-refractivity contribution in [2.75, 3.05) is 31.6 Å². The van der Waals surface area contributed by atoms with E-state index >= 15 is 0 Å². The highest BCUT2D eigenvalue weighted by Crippen LogP contribution is 2.27. The lowest BCUT2D eigenvalue weighted by atomic mass is 10.0. The number of piperidine rings is 1. The number of benzene rings is 2. The van der Waals surface area contributed by atoms with E-state index < -0.39 is 12.0 Å². The molecular weight excluding hydrogens is 418 g/mol. The van der Waals surface area contributed by atoms with Gasteiger partial charge >= 0.3 is 0 Å². The first-order chi connectivity index (χ1) is 16.0. The van der Waals surface area contributed by atoms with Crippen LogP contribution in [0.1, 0.15) is 31.2 Å². The minimum absolute atomic E-state index is 0.0387. The minimum Gasteiger partial charge on any atom is -0.497 e. The average molecular weight is 450 g/mol. The number of carbonyl (C=O) groups excluding carboxylic acids is 3. The van der Waals surface area contributed by atoms with Crippen LogP contribution in [-0.4, -0.2) is 55.4 Å². The van der Waals surface area contributed by atoms with Crippen LogP contribution in [-0.2, 0) is 20.8 Å². The first-order valence-electron chi connectivity index (χ1n) is 11.6. The maximum absolute atomic E-state index is 13.3. The van der Waals surface area contributed by atoms with E-state index in [-0.39, 0.29) is 24.1 Å². The van der Waals surface area contributed by atoms with Crippen molar-refractivity contribution >= 4 is 23.4 Å². The Kier molecular flexibility index (Phi) is 7.27. The quantitative estimate of drug-likeness (QED) is 0.705. The van der Waals surface area contributed by atoms with Gasteiger partial charge in [0.05, 0.1) is 13.0 Å². The molecule has 3 amide bonds. The zero-order valence-electron chi connectivity index (χ0n) is 19.0. The smallest absolute Gasteiger partial charge is 0.245 e. The summed E-state index contributed by atoms with van der Waals surface area (Å²) in [5.74, 6) is -0.164. The van der Waals surface area contributed by atoms with Crippen LogP contribution in [0, 0.1) is 5.92 Å². The molecule has 2 fully saturated rings. The maximum atomic E-state index is 13.3. The van der Waals surface area contributed by atoms with E-state index in [1.165, 1.54) is 0 Å². The number of ether oxygens (including phenoxy) is 1. The van der Waals surface area contributed by atoms with Gasteiger partial charge < -0.3 is 19.9 Å². The number of hydrogen-bond donors (Lipinski definition) is 1. The highest BCUT2D eigenvalue weighted by molar-refractivity contribution is 6.01. The zero-order chi connectivity index (χ0) is 23.2. The van der Waals surface area contributed by atoms with Gasteiger partial charge in [0.1, 0.15) is 11.8 Å². The molecule has 2 aliphatic heterocycles. The van der Waals surface area contributed by atoms with Gasteiger partial charge in [-0.25, -0.2) is 0 Å². The van der Waals surface area contributed by atoms with Crippen LogP contribution in [0.3, 0.4) is 0 Å². The van der Waals surface area contributed by atoms with Crippen LogP contribution in [0.4, 0.5) is 5.69 Å². The molecule has 2 aromatic rings. The van der Waals surface area contributed by atoms with E-state index in [9.17, 15) is 14.4 Å². The Labute approximate surface area is 194 Å². The van der Waals surface area contributed by atoms with E-state index in [2.05, 4.69) is 5.32 Å². The number of carbonyl (C=O) groups is 3. The van der Waals surface area contributed by atoms with Crippen LogP contribution in [0.25, 0.3) is 0 Å². The second-order valence-electron chi connectivity index (χ2n) is 8.74. The van der Waals surface area contributed by atoms with E-state index in [0.717, 1.165) is 43.6 Å². The standard InChI is InChI=1S/C26H31N3O4/c1-33-22-12-10-21(11-13-22)29-18-20(17-24(29)30)25(31)27-23(16-19-8-4-2-5-9-19)26(32)28-14-6-3-7-15-28/h2,4-5,8-13,20,23H,3,6-7,14-18H2,1H3,(H,27,31)/t20-,23+/m1/s1. The van der Waals surface area contributed by atoms with Crippen molar-refractivity contribution in [3.05, 3.63) is 60.2 Å². The molecule has 0 unspecified atom stereocenters. The second-order valence-corrected chi connectivity index (χ2v) is 8.74. The fraction of sp³-hybridized carbons (Fsp3) is 0.423. The van der Waals surface area contributed by atoms with Gasteiger partial charge in [-0.05, 0) is 49.1 Å². The molecule has 0 spiro atoms. The zero-order valence-corrected chi connectivity index (χ0v) is 19.0. The molecular formula is C26H31N3O4. The molecule has 1 N–H and O–H groups in total. The molecule has 2 aromatic carbocycles. The van der Waals surface area contributed by atoms with Crippen molar-refractivity contribution in [3.63, 3.8) is 0 Å². The SMILES string of the molecule is COc1ccc(N2C[C@H](C(=O)N[C@@H](Cc3ccccc3)C(=O)N3CCCCC3)CC2=O)cc1. The van der Waals surface area contributed by atoms with Crippen molar-refractivity contribution in [2.24, 2.45) is 5.92 Å². The monoisotopic (exact) mass is 449 g/mol. The number of anilines is 1. The third kappa shape index (κ3) is 5.53. The molecule has 0 aliphatic carbocycles. The molecule has 2 atom stereocenters. The number of nitrogens with one attached hydrogen (secondary N) is 1. The van der Waals surface area contributed by atoms with Crippen molar-refractivity contribution in [2.45, 2.75) is 38.1 Å². The number of methoxy groups -OCH3 is 1. The van der Waals surface area contributed by atoms with Gasteiger partial charge in [-0.3, -0.25) is 14.4 Å². The third-order valence-corrected chi connectivity index (χ3v) is 6.44. The molecule has 174 valence electrons. The number of hydrogen-bond acceptors (Lipinski definition) is 4. The van der Waals surface area contributed by atoms with Gasteiger partial charge in [-0.15, -0.1) is 0 Å². The van der Waals surface area contributed by atoms with Crippen LogP contribution in [0.15, 0.2) is 54.6 Å². The van der Waals surface area contributed by atoms with Gasteiger partial charge in [0.25, 0.3) is 0 Å². The van der Waals surface area contributed by atoms with Gasteiger partial charge in [0, 0.05) is 38.2 Å². The summed E-state index contributed by atoms with van der Waals surface area (Å²) >= 11 is 0. The Balaban J connectivity index is 1.45. The lowest BCUT2D eigenvalue weighted by Crippen LogP contribution is -2.52. The predicted molar refractivity (Wildman–Crippen MR) is 126 cm³/mol. The van der Waals surface area contributed by atoms with Crippen molar-refractivity contribution in [3.8, 4) is 5.75 Å². The second kappa shape index (κ2) is 10.5. The Hall–Kier alpha value is -3.35. The van der Waals surface area contributed by atoms with Gasteiger partial charge in [-0.2, -0.15) is 0 Å². The summed E-state index contributed by atoms with van der Waals surface area (Å²) in [5, 5.41) is 2.99. The van der Waals surface area contributed by atoms with Crippen LogP contribution < -0.4 is 15.0 Å². The lowest BCUT2D eigenvalue weighted by molar-refractivity contribution is -0.138. The predicted octanol–water partition coefficient (Wildman–Crippen LogP) is 2.79. The van der Waals surface area contributed by atoms with E-state index in [1.807, 2.05) is 47.4 Å². The molecule has 4 rings (SSSR count). The number of amides is 3. The van der Waals surface area contributed by atoms with Crippen molar-refractivity contribution in [1.82, 2.24) is 10.2 Å². The molecule has 2 aliphatic rings. The maximum Gasteiger partial charge on any atom is 0.245 e. The molecule has 7 nitrogen and oxygen atoms in total. The summed E-state index contributed by atoms with van der Waals surface area (Å²) in [6, 6.07) is 16.3. The highest BCUT2D eigenvalue weighted by Gasteiger charge is 2.37. The Morgan fingerprint density at radius 3 is 2.39 bits per heavy atom. The fourth-order valence-electron chi connectivity index (χ4n) is 4.57. The molecule has 0 radical (unpaired) electrons. The summed E-state index contributed by atoms with van der Waals surface area (Å²) < 4.78 is 5.18. The minimum atomic E-state index is -0.636. The molecule has 2 heterocycles. The largest absolute Gasteiger partial charge is 0.497 e. The Morgan fingerprint density at radius 1 is 1.03 bits per heavy atom. The van der Waals surface area contributed by atoms with Crippen molar-refractivity contribution < 1.29 is 19.1 Å². The number of rotatable bonds is 7. The lowest BCUT2D eigenvalue weighted by Gasteiger charge is -2.31. The third-order valence-electron chi connectivity index (χ3n) is 6.44. The van der Waals surface area contributed by atoms with E-state index in [1.54, 1.807) is 24.1 Å². The first-order valence-corrected chi connectivity index (χ1v) is 11.6. The fourth-order valence-corrected chi connectivity index (χ4v) is 4.57. The first kappa shape index (κ1) is 22.8. The summed E-state index contributed by atoms with van der Waals surface area (Å²) in [4.78, 5) is 42.6. The Morgan fingerprint density at radius 2 is 1.73 bits per heavy atom. The molecule has 0 bridgehead atoms. The summed E-state index contributed by atoms with van der Waals surface area (Å²) in [6.45, 7) is 1.76. The van der Waals surface area contributed by atoms with Crippen LogP contribution >= 0.6 is 0 Å². The normalized spacial score (nSPS) is 19.3. The van der Waals surface area contributed by atoms with Crippen LogP contribution in [0.5, 0.6) is 5.75 Å². The van der Waals surface area contributed by atoms with E-state index in [4.69, 9.17) is 4.74 Å². The topological polar surface area (TPSA) is 79.0 Å². The number of likely N-dealkylation sites (tertiary alicyclic amines) is 1. The van der Waals surface area contributed by atoms with Crippen molar-refractivity contribution in [1.29, 1.82) is 0 Å². The molecule has 33 heavy (non-hydrogen) atoms. The summed E-state index contributed by atoms with van der Waals surface area (Å²) in [6.07, 6.45) is 3.68. The van der Waals surface area contributed by atoms with Gasteiger partial charge in [0.2, 0.25) is 17.7 Å².